The molecule has 0 aliphatic rings. The fourth-order valence-corrected chi connectivity index (χ4v) is 2.01. The number of hydrogen-bond donors (Lipinski definition) is 1. The van der Waals surface area contributed by atoms with E-state index in [9.17, 15) is 4.79 Å². The average molecular weight is 252 g/mol. The Morgan fingerprint density at radius 1 is 1.65 bits per heavy atom. The molecule has 17 heavy (non-hydrogen) atoms. The second-order valence-electron chi connectivity index (χ2n) is 3.32. The van der Waals surface area contributed by atoms with Crippen molar-refractivity contribution >= 4 is 17.2 Å². The molecule has 6 heteroatoms. The van der Waals surface area contributed by atoms with E-state index in [1.165, 1.54) is 18.1 Å². The van der Waals surface area contributed by atoms with E-state index in [2.05, 4.69) is 10.5 Å². The highest BCUT2D eigenvalue weighted by Crippen LogP contribution is 2.11. The topological polar surface area (TPSA) is 64.4 Å². The van der Waals surface area contributed by atoms with Gasteiger partial charge in [0.15, 0.2) is 0 Å². The summed E-state index contributed by atoms with van der Waals surface area (Å²) in [5.74, 6) is 0.179. The number of carbonyl (C=O) groups excluding carboxylic acids is 1. The standard InChI is InChI=1S/C11H12N2O3S/c1-15-10-7-9(16-13-10)11(14)12-5-4-8-3-2-6-17-8/h2-3,6-7H,4-5H2,1H3,(H,12,14). The lowest BCUT2D eigenvalue weighted by atomic mass is 10.3. The van der Waals surface area contributed by atoms with Crippen molar-refractivity contribution in [3.8, 4) is 5.88 Å². The molecule has 1 N–H and O–H groups in total. The summed E-state index contributed by atoms with van der Waals surface area (Å²) in [5.41, 5.74) is 0. The van der Waals surface area contributed by atoms with Gasteiger partial charge < -0.3 is 14.6 Å². The third-order valence-corrected chi connectivity index (χ3v) is 3.09. The van der Waals surface area contributed by atoms with Crippen molar-refractivity contribution in [2.24, 2.45) is 0 Å². The molecule has 0 saturated carbocycles. The van der Waals surface area contributed by atoms with Gasteiger partial charge in [0.1, 0.15) is 0 Å². The van der Waals surface area contributed by atoms with Crippen LogP contribution in [0.3, 0.4) is 0 Å². The second kappa shape index (κ2) is 5.49. The van der Waals surface area contributed by atoms with Crippen molar-refractivity contribution in [1.29, 1.82) is 0 Å². The van der Waals surface area contributed by atoms with Crippen LogP contribution in [0.15, 0.2) is 28.1 Å². The summed E-state index contributed by atoms with van der Waals surface area (Å²) >= 11 is 1.67. The van der Waals surface area contributed by atoms with Gasteiger partial charge in [0, 0.05) is 11.4 Å². The molecule has 90 valence electrons. The van der Waals surface area contributed by atoms with Crippen LogP contribution < -0.4 is 10.1 Å². The van der Waals surface area contributed by atoms with Crippen LogP contribution in [0.1, 0.15) is 15.4 Å². The van der Waals surface area contributed by atoms with E-state index in [4.69, 9.17) is 9.26 Å². The molecule has 0 fully saturated rings. The summed E-state index contributed by atoms with van der Waals surface area (Å²) < 4.78 is 9.65. The lowest BCUT2D eigenvalue weighted by Gasteiger charge is -2.00. The average Bonchev–Trinajstić information content (AvgIpc) is 2.99. The Bertz CT molecular complexity index is 479. The Hall–Kier alpha value is -1.82. The minimum Gasteiger partial charge on any atom is -0.479 e. The summed E-state index contributed by atoms with van der Waals surface area (Å²) in [4.78, 5) is 12.8. The van der Waals surface area contributed by atoms with Crippen molar-refractivity contribution < 1.29 is 14.1 Å². The van der Waals surface area contributed by atoms with Crippen LogP contribution in [0, 0.1) is 0 Å². The highest BCUT2D eigenvalue weighted by atomic mass is 32.1. The van der Waals surface area contributed by atoms with E-state index >= 15 is 0 Å². The fraction of sp³-hybridized carbons (Fsp3) is 0.273. The maximum absolute atomic E-state index is 11.6. The molecule has 1 amide bonds. The first-order valence-electron chi connectivity index (χ1n) is 5.11. The summed E-state index contributed by atoms with van der Waals surface area (Å²) in [6.45, 7) is 0.572. The van der Waals surface area contributed by atoms with Crippen LogP contribution >= 0.6 is 11.3 Å². The van der Waals surface area contributed by atoms with Crippen LogP contribution in [-0.4, -0.2) is 24.7 Å². The van der Waals surface area contributed by atoms with E-state index in [1.807, 2.05) is 17.5 Å². The molecule has 0 radical (unpaired) electrons. The summed E-state index contributed by atoms with van der Waals surface area (Å²) in [5, 5.41) is 8.32. The Kier molecular flexibility index (Phi) is 3.77. The molecular weight excluding hydrogens is 240 g/mol. The van der Waals surface area contributed by atoms with Crippen LogP contribution in [-0.2, 0) is 6.42 Å². The maximum Gasteiger partial charge on any atom is 0.290 e. The zero-order valence-electron chi connectivity index (χ0n) is 9.30. The van der Waals surface area contributed by atoms with E-state index in [-0.39, 0.29) is 11.7 Å². The van der Waals surface area contributed by atoms with Crippen LogP contribution in [0.2, 0.25) is 0 Å². The normalized spacial score (nSPS) is 10.2. The highest BCUT2D eigenvalue weighted by molar-refractivity contribution is 7.09. The lowest BCUT2D eigenvalue weighted by molar-refractivity contribution is 0.0917. The highest BCUT2D eigenvalue weighted by Gasteiger charge is 2.12. The van der Waals surface area contributed by atoms with E-state index < -0.39 is 0 Å². The van der Waals surface area contributed by atoms with Crippen LogP contribution in [0.25, 0.3) is 0 Å². The van der Waals surface area contributed by atoms with Crippen LogP contribution in [0.5, 0.6) is 5.88 Å². The SMILES string of the molecule is COc1cc(C(=O)NCCc2cccs2)on1. The Labute approximate surface area is 102 Å². The quantitative estimate of drug-likeness (QED) is 0.880. The molecule has 2 rings (SSSR count). The molecule has 0 unspecified atom stereocenters. The number of rotatable bonds is 5. The number of nitrogens with one attached hydrogen (secondary N) is 1. The van der Waals surface area contributed by atoms with Gasteiger partial charge in [-0.05, 0) is 23.0 Å². The van der Waals surface area contributed by atoms with Gasteiger partial charge in [-0.3, -0.25) is 4.79 Å². The first-order valence-corrected chi connectivity index (χ1v) is 5.99. The van der Waals surface area contributed by atoms with Gasteiger partial charge in [-0.25, -0.2) is 0 Å². The Morgan fingerprint density at radius 2 is 2.53 bits per heavy atom. The monoisotopic (exact) mass is 252 g/mol. The van der Waals surface area contributed by atoms with Crippen molar-refractivity contribution in [2.45, 2.75) is 6.42 Å². The van der Waals surface area contributed by atoms with Crippen molar-refractivity contribution in [3.63, 3.8) is 0 Å². The van der Waals surface area contributed by atoms with Gasteiger partial charge in [-0.15, -0.1) is 11.3 Å². The molecule has 2 aromatic rings. The van der Waals surface area contributed by atoms with E-state index in [1.54, 1.807) is 11.3 Å². The molecule has 0 saturated heterocycles. The molecule has 0 aromatic carbocycles. The maximum atomic E-state index is 11.6. The number of carbonyl (C=O) groups is 1. The lowest BCUT2D eigenvalue weighted by Crippen LogP contribution is -2.25. The predicted molar refractivity (Wildman–Crippen MR) is 63.4 cm³/mol. The molecular formula is C11H12N2O3S. The second-order valence-corrected chi connectivity index (χ2v) is 4.35. The van der Waals surface area contributed by atoms with Crippen molar-refractivity contribution in [3.05, 3.63) is 34.2 Å². The molecule has 0 aliphatic heterocycles. The first kappa shape index (κ1) is 11.7. The van der Waals surface area contributed by atoms with Gasteiger partial charge in [0.25, 0.3) is 11.8 Å². The van der Waals surface area contributed by atoms with Gasteiger partial charge in [-0.2, -0.15) is 0 Å². The third kappa shape index (κ3) is 3.07. The smallest absolute Gasteiger partial charge is 0.290 e. The summed E-state index contributed by atoms with van der Waals surface area (Å²) in [6.07, 6.45) is 0.814. The summed E-state index contributed by atoms with van der Waals surface area (Å²) in [7, 11) is 1.47. The third-order valence-electron chi connectivity index (χ3n) is 2.16. The number of amides is 1. The zero-order valence-corrected chi connectivity index (χ0v) is 10.1. The van der Waals surface area contributed by atoms with Crippen LogP contribution in [0.4, 0.5) is 0 Å². The molecule has 2 heterocycles. The van der Waals surface area contributed by atoms with E-state index in [0.29, 0.717) is 12.4 Å². The largest absolute Gasteiger partial charge is 0.479 e. The zero-order chi connectivity index (χ0) is 12.1. The number of thiophene rings is 1. The van der Waals surface area contributed by atoms with Gasteiger partial charge >= 0.3 is 0 Å². The number of aromatic nitrogens is 1. The molecule has 2 aromatic heterocycles. The Balaban J connectivity index is 1.81. The Morgan fingerprint density at radius 3 is 3.18 bits per heavy atom. The predicted octanol–water partition coefficient (Wildman–Crippen LogP) is 1.72. The molecule has 0 bridgehead atoms. The molecule has 0 atom stereocenters. The minimum absolute atomic E-state index is 0.160. The first-order chi connectivity index (χ1) is 8.29. The minimum atomic E-state index is -0.280. The van der Waals surface area contributed by atoms with Gasteiger partial charge in [0.05, 0.1) is 13.2 Å². The number of ether oxygens (including phenoxy) is 1. The molecule has 5 nitrogen and oxygen atoms in total. The number of nitrogens with zero attached hydrogens (tertiary/aromatic N) is 1. The number of hydrogen-bond acceptors (Lipinski definition) is 5. The molecule has 0 spiro atoms. The molecule has 0 aliphatic carbocycles. The van der Waals surface area contributed by atoms with Crippen molar-refractivity contribution in [2.75, 3.05) is 13.7 Å². The number of methoxy groups -OCH3 is 1. The van der Waals surface area contributed by atoms with Gasteiger partial charge in [-0.1, -0.05) is 6.07 Å². The van der Waals surface area contributed by atoms with Crippen molar-refractivity contribution in [1.82, 2.24) is 10.5 Å². The fourth-order valence-electron chi connectivity index (χ4n) is 1.30. The van der Waals surface area contributed by atoms with E-state index in [0.717, 1.165) is 6.42 Å². The summed E-state index contributed by atoms with van der Waals surface area (Å²) in [6, 6.07) is 5.48. The van der Waals surface area contributed by atoms with Gasteiger partial charge in [0.2, 0.25) is 5.76 Å².